The van der Waals surface area contributed by atoms with Gasteiger partial charge in [0.05, 0.1) is 0 Å². The van der Waals surface area contributed by atoms with Gasteiger partial charge in [0.15, 0.2) is 0 Å². The van der Waals surface area contributed by atoms with E-state index in [9.17, 15) is 4.39 Å². The summed E-state index contributed by atoms with van der Waals surface area (Å²) in [5.74, 6) is -0.213. The minimum absolute atomic E-state index is 0.213. The lowest BCUT2D eigenvalue weighted by atomic mass is 10.0. The standard InChI is InChI=1S/C13H14FNS/c1-9-4-5-12(14)11(7-9)13(15)8-10-3-2-6-16-10/h2-7,13H,8,15H2,1H3. The van der Waals surface area contributed by atoms with Crippen LogP contribution < -0.4 is 5.73 Å². The zero-order chi connectivity index (χ0) is 11.5. The molecule has 0 bridgehead atoms. The Labute approximate surface area is 98.7 Å². The molecule has 0 saturated carbocycles. The zero-order valence-corrected chi connectivity index (χ0v) is 9.93. The molecule has 1 aromatic heterocycles. The Kier molecular flexibility index (Phi) is 3.36. The SMILES string of the molecule is Cc1ccc(F)c(C(N)Cc2cccs2)c1. The fourth-order valence-corrected chi connectivity index (χ4v) is 2.47. The Morgan fingerprint density at radius 1 is 1.38 bits per heavy atom. The second-order valence-electron chi connectivity index (χ2n) is 3.91. The zero-order valence-electron chi connectivity index (χ0n) is 9.11. The summed E-state index contributed by atoms with van der Waals surface area (Å²) in [6, 6.07) is 8.82. The molecule has 1 unspecified atom stereocenters. The van der Waals surface area contributed by atoms with E-state index < -0.39 is 0 Å². The molecule has 2 rings (SSSR count). The number of nitrogens with two attached hydrogens (primary N) is 1. The van der Waals surface area contributed by atoms with E-state index in [-0.39, 0.29) is 11.9 Å². The van der Waals surface area contributed by atoms with Crippen molar-refractivity contribution in [1.82, 2.24) is 0 Å². The number of hydrogen-bond donors (Lipinski definition) is 1. The van der Waals surface area contributed by atoms with Crippen LogP contribution in [0.3, 0.4) is 0 Å². The Balaban J connectivity index is 2.20. The number of halogens is 1. The first-order chi connectivity index (χ1) is 7.66. The van der Waals surface area contributed by atoms with Gasteiger partial charge in [-0.05, 0) is 24.4 Å². The van der Waals surface area contributed by atoms with Gasteiger partial charge in [-0.3, -0.25) is 0 Å². The smallest absolute Gasteiger partial charge is 0.128 e. The molecule has 0 radical (unpaired) electrons. The van der Waals surface area contributed by atoms with Crippen LogP contribution in [0.25, 0.3) is 0 Å². The highest BCUT2D eigenvalue weighted by Crippen LogP contribution is 2.22. The van der Waals surface area contributed by atoms with Crippen LogP contribution >= 0.6 is 11.3 Å². The lowest BCUT2D eigenvalue weighted by Crippen LogP contribution is -2.14. The summed E-state index contributed by atoms with van der Waals surface area (Å²) in [6.45, 7) is 1.95. The third-order valence-corrected chi connectivity index (χ3v) is 3.45. The third-order valence-electron chi connectivity index (χ3n) is 2.55. The predicted molar refractivity (Wildman–Crippen MR) is 66.1 cm³/mol. The molecule has 2 N–H and O–H groups in total. The lowest BCUT2D eigenvalue weighted by molar-refractivity contribution is 0.581. The van der Waals surface area contributed by atoms with Gasteiger partial charge < -0.3 is 5.73 Å². The summed E-state index contributed by atoms with van der Waals surface area (Å²) in [4.78, 5) is 1.19. The molecule has 0 amide bonds. The first kappa shape index (κ1) is 11.3. The van der Waals surface area contributed by atoms with Gasteiger partial charge in [-0.2, -0.15) is 0 Å². The summed E-state index contributed by atoms with van der Waals surface area (Å²) in [6.07, 6.45) is 0.692. The van der Waals surface area contributed by atoms with Crippen LogP contribution in [0.2, 0.25) is 0 Å². The maximum Gasteiger partial charge on any atom is 0.128 e. The number of thiophene rings is 1. The Hall–Kier alpha value is -1.19. The van der Waals surface area contributed by atoms with Gasteiger partial charge in [0.25, 0.3) is 0 Å². The highest BCUT2D eigenvalue weighted by atomic mass is 32.1. The summed E-state index contributed by atoms with van der Waals surface area (Å²) in [5, 5.41) is 2.01. The van der Waals surface area contributed by atoms with E-state index >= 15 is 0 Å². The monoisotopic (exact) mass is 235 g/mol. The molecule has 0 fully saturated rings. The van der Waals surface area contributed by atoms with Gasteiger partial charge in [-0.1, -0.05) is 23.8 Å². The van der Waals surface area contributed by atoms with Gasteiger partial charge in [0.2, 0.25) is 0 Å². The van der Waals surface area contributed by atoms with Gasteiger partial charge in [0.1, 0.15) is 5.82 Å². The first-order valence-corrected chi connectivity index (χ1v) is 6.09. The fraction of sp³-hybridized carbons (Fsp3) is 0.231. The minimum atomic E-state index is -0.265. The first-order valence-electron chi connectivity index (χ1n) is 5.21. The third kappa shape index (κ3) is 2.49. The molecule has 1 atom stereocenters. The topological polar surface area (TPSA) is 26.0 Å². The van der Waals surface area contributed by atoms with Crippen molar-refractivity contribution >= 4 is 11.3 Å². The normalized spacial score (nSPS) is 12.7. The molecule has 84 valence electrons. The molecule has 0 spiro atoms. The number of benzene rings is 1. The van der Waals surface area contributed by atoms with Gasteiger partial charge in [-0.25, -0.2) is 4.39 Å². The van der Waals surface area contributed by atoms with Crippen molar-refractivity contribution in [3.8, 4) is 0 Å². The molecule has 3 heteroatoms. The van der Waals surface area contributed by atoms with E-state index in [1.807, 2.05) is 30.5 Å². The second-order valence-corrected chi connectivity index (χ2v) is 4.95. The molecule has 1 heterocycles. The molecule has 1 aromatic carbocycles. The molecule has 1 nitrogen and oxygen atoms in total. The minimum Gasteiger partial charge on any atom is -0.324 e. The van der Waals surface area contributed by atoms with Crippen molar-refractivity contribution < 1.29 is 4.39 Å². The molecule has 0 aliphatic heterocycles. The van der Waals surface area contributed by atoms with Crippen LogP contribution in [-0.4, -0.2) is 0 Å². The van der Waals surface area contributed by atoms with Crippen LogP contribution in [0.5, 0.6) is 0 Å². The summed E-state index contributed by atoms with van der Waals surface area (Å²) < 4.78 is 13.6. The van der Waals surface area contributed by atoms with Crippen LogP contribution in [0.15, 0.2) is 35.7 Å². The molecule has 0 aliphatic carbocycles. The van der Waals surface area contributed by atoms with Crippen LogP contribution in [-0.2, 0) is 6.42 Å². The van der Waals surface area contributed by atoms with E-state index in [2.05, 4.69) is 0 Å². The van der Waals surface area contributed by atoms with E-state index in [1.165, 1.54) is 10.9 Å². The van der Waals surface area contributed by atoms with Crippen molar-refractivity contribution in [1.29, 1.82) is 0 Å². The van der Waals surface area contributed by atoms with Gasteiger partial charge in [0, 0.05) is 22.9 Å². The molecular weight excluding hydrogens is 221 g/mol. The maximum atomic E-state index is 13.6. The van der Waals surface area contributed by atoms with Crippen molar-refractivity contribution in [2.24, 2.45) is 5.73 Å². The molecular formula is C13H14FNS. The summed E-state index contributed by atoms with van der Waals surface area (Å²) >= 11 is 1.65. The van der Waals surface area contributed by atoms with Gasteiger partial charge >= 0.3 is 0 Å². The van der Waals surface area contributed by atoms with E-state index in [0.29, 0.717) is 12.0 Å². The van der Waals surface area contributed by atoms with E-state index in [0.717, 1.165) is 5.56 Å². The quantitative estimate of drug-likeness (QED) is 0.866. The number of rotatable bonds is 3. The molecule has 2 aromatic rings. The Bertz CT molecular complexity index is 465. The Morgan fingerprint density at radius 3 is 2.88 bits per heavy atom. The predicted octanol–water partition coefficient (Wildman–Crippen LogP) is 3.44. The second kappa shape index (κ2) is 4.76. The van der Waals surface area contributed by atoms with E-state index in [1.54, 1.807) is 17.4 Å². The van der Waals surface area contributed by atoms with Gasteiger partial charge in [-0.15, -0.1) is 11.3 Å². The van der Waals surface area contributed by atoms with Crippen molar-refractivity contribution in [2.75, 3.05) is 0 Å². The summed E-state index contributed by atoms with van der Waals surface area (Å²) in [5.41, 5.74) is 7.67. The summed E-state index contributed by atoms with van der Waals surface area (Å²) in [7, 11) is 0. The van der Waals surface area contributed by atoms with E-state index in [4.69, 9.17) is 5.73 Å². The molecule has 16 heavy (non-hydrogen) atoms. The fourth-order valence-electron chi connectivity index (χ4n) is 1.70. The van der Waals surface area contributed by atoms with Crippen molar-refractivity contribution in [2.45, 2.75) is 19.4 Å². The Morgan fingerprint density at radius 2 is 2.19 bits per heavy atom. The van der Waals surface area contributed by atoms with Crippen LogP contribution in [0.4, 0.5) is 4.39 Å². The largest absolute Gasteiger partial charge is 0.324 e. The van der Waals surface area contributed by atoms with Crippen molar-refractivity contribution in [3.63, 3.8) is 0 Å². The highest BCUT2D eigenvalue weighted by molar-refractivity contribution is 7.09. The maximum absolute atomic E-state index is 13.6. The highest BCUT2D eigenvalue weighted by Gasteiger charge is 2.12. The number of hydrogen-bond acceptors (Lipinski definition) is 2. The number of aryl methyl sites for hydroxylation is 1. The van der Waals surface area contributed by atoms with Crippen LogP contribution in [0.1, 0.15) is 22.0 Å². The molecule has 0 aliphatic rings. The molecule has 0 saturated heterocycles. The van der Waals surface area contributed by atoms with Crippen molar-refractivity contribution in [3.05, 3.63) is 57.5 Å². The lowest BCUT2D eigenvalue weighted by Gasteiger charge is -2.12. The average molecular weight is 235 g/mol. The average Bonchev–Trinajstić information content (AvgIpc) is 2.74. The van der Waals surface area contributed by atoms with Crippen LogP contribution in [0, 0.1) is 12.7 Å².